The summed E-state index contributed by atoms with van der Waals surface area (Å²) in [5, 5.41) is 0.849. The van der Waals surface area contributed by atoms with E-state index in [4.69, 9.17) is 46.4 Å². The number of hydrogen-bond acceptors (Lipinski definition) is 1. The summed E-state index contributed by atoms with van der Waals surface area (Å²) in [7, 11) is 0. The smallest absolute Gasteiger partial charge is 0.236 e. The van der Waals surface area contributed by atoms with Crippen molar-refractivity contribution in [3.05, 3.63) is 34.3 Å². The van der Waals surface area contributed by atoms with Crippen molar-refractivity contribution in [2.24, 2.45) is 0 Å². The summed E-state index contributed by atoms with van der Waals surface area (Å²) in [6, 6.07) is 7.08. The van der Waals surface area contributed by atoms with Gasteiger partial charge < -0.3 is 0 Å². The quantitative estimate of drug-likeness (QED) is 0.551. The summed E-state index contributed by atoms with van der Waals surface area (Å²) >= 11 is 20.7. The molecule has 0 radical (unpaired) electrons. The number of benzene rings is 1. The SMILES string of the molecule is Clc1cccc(Cl)c1.O=C(Cl)CCl. The molecular formula is C8H6Cl4O. The van der Waals surface area contributed by atoms with E-state index in [0.717, 1.165) is 0 Å². The molecule has 13 heavy (non-hydrogen) atoms. The first-order valence-electron chi connectivity index (χ1n) is 3.21. The van der Waals surface area contributed by atoms with Gasteiger partial charge >= 0.3 is 0 Å². The van der Waals surface area contributed by atoms with Gasteiger partial charge in [0, 0.05) is 10.0 Å². The molecule has 0 aliphatic heterocycles. The van der Waals surface area contributed by atoms with Crippen LogP contribution in [0.15, 0.2) is 24.3 Å². The van der Waals surface area contributed by atoms with Crippen LogP contribution >= 0.6 is 46.4 Å². The van der Waals surface area contributed by atoms with Crippen molar-refractivity contribution in [2.45, 2.75) is 0 Å². The highest BCUT2D eigenvalue weighted by molar-refractivity contribution is 6.67. The lowest BCUT2D eigenvalue weighted by atomic mass is 10.4. The summed E-state index contributed by atoms with van der Waals surface area (Å²) in [6.07, 6.45) is 0. The zero-order valence-electron chi connectivity index (χ0n) is 6.44. The molecule has 5 heteroatoms. The van der Waals surface area contributed by atoms with Crippen LogP contribution in [0.3, 0.4) is 0 Å². The fourth-order valence-corrected chi connectivity index (χ4v) is 0.896. The summed E-state index contributed by atoms with van der Waals surface area (Å²) in [5.41, 5.74) is 0. The van der Waals surface area contributed by atoms with Crippen molar-refractivity contribution in [1.82, 2.24) is 0 Å². The number of rotatable bonds is 1. The Morgan fingerprint density at radius 2 is 1.62 bits per heavy atom. The first-order chi connectivity index (χ1) is 6.06. The summed E-state index contributed by atoms with van der Waals surface area (Å²) < 4.78 is 0. The van der Waals surface area contributed by atoms with Gasteiger partial charge in [-0.05, 0) is 29.8 Å². The van der Waals surface area contributed by atoms with E-state index < -0.39 is 5.24 Å². The summed E-state index contributed by atoms with van der Waals surface area (Å²) in [6.45, 7) is 0. The van der Waals surface area contributed by atoms with Crippen LogP contribution in [0.25, 0.3) is 0 Å². The highest BCUT2D eigenvalue weighted by atomic mass is 35.5. The molecule has 1 rings (SSSR count). The zero-order valence-corrected chi connectivity index (χ0v) is 9.46. The highest BCUT2D eigenvalue weighted by Crippen LogP contribution is 2.13. The van der Waals surface area contributed by atoms with E-state index in [-0.39, 0.29) is 5.88 Å². The average Bonchev–Trinajstić information content (AvgIpc) is 2.05. The molecule has 72 valence electrons. The molecule has 0 heterocycles. The molecule has 1 aromatic rings. The third-order valence-electron chi connectivity index (χ3n) is 0.892. The second-order valence-corrected chi connectivity index (χ2v) is 3.49. The van der Waals surface area contributed by atoms with Crippen molar-refractivity contribution >= 4 is 51.6 Å². The lowest BCUT2D eigenvalue weighted by Crippen LogP contribution is -1.81. The molecule has 0 fully saturated rings. The van der Waals surface area contributed by atoms with E-state index in [1.165, 1.54) is 0 Å². The van der Waals surface area contributed by atoms with Gasteiger partial charge in [0.15, 0.2) is 0 Å². The van der Waals surface area contributed by atoms with E-state index in [1.54, 1.807) is 18.2 Å². The van der Waals surface area contributed by atoms with Crippen LogP contribution in [0, 0.1) is 0 Å². The summed E-state index contributed by atoms with van der Waals surface area (Å²) in [5.74, 6) is -0.0957. The number of carbonyl (C=O) groups is 1. The van der Waals surface area contributed by atoms with Crippen LogP contribution in [0.4, 0.5) is 0 Å². The Morgan fingerprint density at radius 3 is 1.77 bits per heavy atom. The Labute approximate surface area is 96.5 Å². The molecule has 0 amide bonds. The predicted octanol–water partition coefficient (Wildman–Crippen LogP) is 3.98. The van der Waals surface area contributed by atoms with Crippen LogP contribution < -0.4 is 0 Å². The summed E-state index contributed by atoms with van der Waals surface area (Å²) in [4.78, 5) is 9.45. The maximum absolute atomic E-state index is 9.45. The third-order valence-corrected chi connectivity index (χ3v) is 1.88. The van der Waals surface area contributed by atoms with Gasteiger partial charge in [-0.2, -0.15) is 0 Å². The van der Waals surface area contributed by atoms with E-state index in [0.29, 0.717) is 10.0 Å². The van der Waals surface area contributed by atoms with Crippen LogP contribution in [0.1, 0.15) is 0 Å². The second kappa shape index (κ2) is 7.45. The molecule has 0 unspecified atom stereocenters. The van der Waals surface area contributed by atoms with E-state index >= 15 is 0 Å². The minimum atomic E-state index is -0.508. The van der Waals surface area contributed by atoms with Crippen LogP contribution in [0.5, 0.6) is 0 Å². The van der Waals surface area contributed by atoms with Crippen molar-refractivity contribution in [3.8, 4) is 0 Å². The number of carbonyl (C=O) groups excluding carboxylic acids is 1. The van der Waals surface area contributed by atoms with Crippen LogP contribution in [0.2, 0.25) is 10.0 Å². The highest BCUT2D eigenvalue weighted by Gasteiger charge is 1.85. The van der Waals surface area contributed by atoms with E-state index in [1.807, 2.05) is 6.07 Å². The van der Waals surface area contributed by atoms with Gasteiger partial charge in [-0.25, -0.2) is 0 Å². The van der Waals surface area contributed by atoms with Crippen molar-refractivity contribution in [1.29, 1.82) is 0 Å². The molecule has 1 aromatic carbocycles. The lowest BCUT2D eigenvalue weighted by Gasteiger charge is -1.86. The fraction of sp³-hybridized carbons (Fsp3) is 0.125. The first-order valence-corrected chi connectivity index (χ1v) is 4.88. The monoisotopic (exact) mass is 258 g/mol. The van der Waals surface area contributed by atoms with Gasteiger partial charge in [-0.3, -0.25) is 4.79 Å². The Balaban J connectivity index is 0.000000252. The minimum absolute atomic E-state index is 0.0957. The maximum Gasteiger partial charge on any atom is 0.236 e. The Morgan fingerprint density at radius 1 is 1.23 bits per heavy atom. The molecule has 0 saturated carbocycles. The van der Waals surface area contributed by atoms with Crippen molar-refractivity contribution in [2.75, 3.05) is 5.88 Å². The number of hydrogen-bond donors (Lipinski definition) is 0. The molecular weight excluding hydrogens is 254 g/mol. The molecule has 0 saturated heterocycles. The van der Waals surface area contributed by atoms with Crippen molar-refractivity contribution < 1.29 is 4.79 Å². The van der Waals surface area contributed by atoms with Gasteiger partial charge in [-0.15, -0.1) is 11.6 Å². The van der Waals surface area contributed by atoms with E-state index in [2.05, 4.69) is 0 Å². The van der Waals surface area contributed by atoms with Gasteiger partial charge in [0.25, 0.3) is 0 Å². The van der Waals surface area contributed by atoms with Gasteiger partial charge in [0.1, 0.15) is 0 Å². The average molecular weight is 260 g/mol. The molecule has 0 atom stereocenters. The van der Waals surface area contributed by atoms with Gasteiger partial charge in [0.2, 0.25) is 5.24 Å². The fourth-order valence-electron chi connectivity index (χ4n) is 0.460. The topological polar surface area (TPSA) is 17.1 Å². The standard InChI is InChI=1S/C6H4Cl2.C2H2Cl2O/c7-5-2-1-3-6(8)4-5;3-1-2(4)5/h1-4H;1H2. The van der Waals surface area contributed by atoms with Crippen LogP contribution in [-0.2, 0) is 4.79 Å². The Hall–Kier alpha value is 0.0500. The lowest BCUT2D eigenvalue weighted by molar-refractivity contribution is -0.109. The molecule has 0 N–H and O–H groups in total. The molecule has 0 bridgehead atoms. The van der Waals surface area contributed by atoms with Gasteiger partial charge in [-0.1, -0.05) is 29.3 Å². The van der Waals surface area contributed by atoms with Gasteiger partial charge in [0.05, 0.1) is 5.88 Å². The van der Waals surface area contributed by atoms with E-state index in [9.17, 15) is 4.79 Å². The minimum Gasteiger partial charge on any atom is -0.280 e. The Bertz CT molecular complexity index is 257. The molecule has 0 aliphatic rings. The van der Waals surface area contributed by atoms with Crippen LogP contribution in [-0.4, -0.2) is 11.1 Å². The number of alkyl halides is 1. The number of halogens is 4. The molecule has 0 aliphatic carbocycles. The zero-order chi connectivity index (χ0) is 10.3. The Kier molecular flexibility index (Phi) is 7.48. The maximum atomic E-state index is 9.45. The molecule has 0 spiro atoms. The third kappa shape index (κ3) is 8.38. The largest absolute Gasteiger partial charge is 0.280 e. The molecule has 1 nitrogen and oxygen atoms in total. The first kappa shape index (κ1) is 13.1. The predicted molar refractivity (Wildman–Crippen MR) is 58.0 cm³/mol. The second-order valence-electron chi connectivity index (χ2n) is 1.93. The molecule has 0 aromatic heterocycles. The van der Waals surface area contributed by atoms with Crippen molar-refractivity contribution in [3.63, 3.8) is 0 Å². The normalized spacial score (nSPS) is 8.62.